The summed E-state index contributed by atoms with van der Waals surface area (Å²) in [6, 6.07) is 6.46. The van der Waals surface area contributed by atoms with Crippen LogP contribution >= 0.6 is 15.9 Å². The summed E-state index contributed by atoms with van der Waals surface area (Å²) >= 11 is 3.65. The fourth-order valence-corrected chi connectivity index (χ4v) is 2.75. The van der Waals surface area contributed by atoms with E-state index in [0.29, 0.717) is 6.54 Å². The van der Waals surface area contributed by atoms with Gasteiger partial charge in [0.25, 0.3) is 0 Å². The number of halogens is 1. The summed E-state index contributed by atoms with van der Waals surface area (Å²) < 4.78 is 1.10. The topological polar surface area (TPSA) is 35.5 Å². The molecule has 0 fully saturated rings. The van der Waals surface area contributed by atoms with Gasteiger partial charge in [-0.1, -0.05) is 19.9 Å². The molecule has 0 radical (unpaired) electrons. The highest BCUT2D eigenvalue weighted by Crippen LogP contribution is 2.27. The Bertz CT molecular complexity index is 365. The van der Waals surface area contributed by atoms with Gasteiger partial charge in [-0.2, -0.15) is 0 Å². The Labute approximate surface area is 125 Å². The third kappa shape index (κ3) is 5.51. The van der Waals surface area contributed by atoms with E-state index in [2.05, 4.69) is 58.2 Å². The molecule has 0 unspecified atom stereocenters. The molecular formula is C15H25BrN2O. The maximum Gasteiger partial charge on any atom is 0.0606 e. The van der Waals surface area contributed by atoms with Crippen LogP contribution in [0, 0.1) is 0 Å². The van der Waals surface area contributed by atoms with Crippen molar-refractivity contribution in [1.82, 2.24) is 5.32 Å². The molecule has 0 amide bonds. The first-order chi connectivity index (χ1) is 9.22. The van der Waals surface area contributed by atoms with Crippen LogP contribution in [0.2, 0.25) is 0 Å². The summed E-state index contributed by atoms with van der Waals surface area (Å²) in [5.41, 5.74) is 2.44. The summed E-state index contributed by atoms with van der Waals surface area (Å²) in [6.07, 6.45) is 2.23. The van der Waals surface area contributed by atoms with Crippen molar-refractivity contribution < 1.29 is 5.11 Å². The van der Waals surface area contributed by atoms with Crippen LogP contribution in [0.15, 0.2) is 22.7 Å². The molecule has 3 nitrogen and oxygen atoms in total. The number of anilines is 1. The molecule has 0 atom stereocenters. The first-order valence-corrected chi connectivity index (χ1v) is 7.87. The molecule has 0 aliphatic carbocycles. The molecule has 19 heavy (non-hydrogen) atoms. The molecule has 1 aromatic carbocycles. The molecule has 1 rings (SSSR count). The summed E-state index contributed by atoms with van der Waals surface area (Å²) in [4.78, 5) is 2.22. The lowest BCUT2D eigenvalue weighted by Gasteiger charge is -2.25. The zero-order valence-electron chi connectivity index (χ0n) is 12.0. The Morgan fingerprint density at radius 2 is 2.00 bits per heavy atom. The van der Waals surface area contributed by atoms with Gasteiger partial charge in [-0.15, -0.1) is 0 Å². The van der Waals surface area contributed by atoms with Gasteiger partial charge < -0.3 is 15.3 Å². The molecule has 0 heterocycles. The van der Waals surface area contributed by atoms with E-state index in [1.165, 1.54) is 5.56 Å². The smallest absolute Gasteiger partial charge is 0.0606 e. The highest BCUT2D eigenvalue weighted by atomic mass is 79.9. The zero-order chi connectivity index (χ0) is 14.1. The molecule has 1 aromatic rings. The van der Waals surface area contributed by atoms with E-state index in [1.807, 2.05) is 0 Å². The van der Waals surface area contributed by atoms with Crippen LogP contribution in [-0.4, -0.2) is 31.3 Å². The van der Waals surface area contributed by atoms with Crippen molar-refractivity contribution in [2.75, 3.05) is 31.1 Å². The van der Waals surface area contributed by atoms with Gasteiger partial charge in [-0.05, 0) is 53.0 Å². The second-order valence-electron chi connectivity index (χ2n) is 4.67. The van der Waals surface area contributed by atoms with Gasteiger partial charge in [-0.3, -0.25) is 0 Å². The van der Waals surface area contributed by atoms with Crippen LogP contribution in [0.4, 0.5) is 5.69 Å². The van der Waals surface area contributed by atoms with E-state index in [0.717, 1.165) is 42.6 Å². The van der Waals surface area contributed by atoms with E-state index >= 15 is 0 Å². The Hall–Kier alpha value is -0.580. The van der Waals surface area contributed by atoms with Crippen LogP contribution in [0.1, 0.15) is 32.3 Å². The fourth-order valence-electron chi connectivity index (χ4n) is 2.07. The summed E-state index contributed by atoms with van der Waals surface area (Å²) in [7, 11) is 0. The molecule has 0 aliphatic rings. The molecule has 4 heteroatoms. The third-order valence-corrected chi connectivity index (χ3v) is 3.61. The first-order valence-electron chi connectivity index (χ1n) is 7.07. The number of nitrogens with one attached hydrogen (secondary N) is 1. The minimum atomic E-state index is 0.187. The van der Waals surface area contributed by atoms with Crippen molar-refractivity contribution in [2.45, 2.75) is 33.2 Å². The maximum absolute atomic E-state index is 9.15. The molecule has 2 N–H and O–H groups in total. The minimum absolute atomic E-state index is 0.187. The van der Waals surface area contributed by atoms with E-state index in [9.17, 15) is 0 Å². The van der Waals surface area contributed by atoms with Crippen molar-refractivity contribution in [3.8, 4) is 0 Å². The third-order valence-electron chi connectivity index (χ3n) is 2.97. The normalized spacial score (nSPS) is 10.7. The first kappa shape index (κ1) is 16.5. The minimum Gasteiger partial charge on any atom is -0.395 e. The number of rotatable bonds is 9. The molecule has 0 saturated heterocycles. The fraction of sp³-hybridized carbons (Fsp3) is 0.600. The summed E-state index contributed by atoms with van der Waals surface area (Å²) in [5.74, 6) is 0. The van der Waals surface area contributed by atoms with Crippen molar-refractivity contribution in [3.63, 3.8) is 0 Å². The zero-order valence-corrected chi connectivity index (χ0v) is 13.5. The number of aliphatic hydroxyl groups is 1. The lowest BCUT2D eigenvalue weighted by atomic mass is 10.2. The molecule has 0 spiro atoms. The SMILES string of the molecule is CCCNCc1ccc(N(CCC)CCO)c(Br)c1. The maximum atomic E-state index is 9.15. The summed E-state index contributed by atoms with van der Waals surface area (Å²) in [6.45, 7) is 8.11. The number of nitrogens with zero attached hydrogens (tertiary/aromatic N) is 1. The standard InChI is InChI=1S/C15H25BrN2O/c1-3-7-17-12-13-5-6-15(14(16)11-13)18(8-4-2)9-10-19/h5-6,11,17,19H,3-4,7-10,12H2,1-2H3. The van der Waals surface area contributed by atoms with Gasteiger partial charge >= 0.3 is 0 Å². The van der Waals surface area contributed by atoms with Gasteiger partial charge in [-0.25, -0.2) is 0 Å². The highest BCUT2D eigenvalue weighted by Gasteiger charge is 2.09. The van der Waals surface area contributed by atoms with Gasteiger partial charge in [0, 0.05) is 24.1 Å². The lowest BCUT2D eigenvalue weighted by molar-refractivity contribution is 0.302. The molecule has 0 bridgehead atoms. The van der Waals surface area contributed by atoms with Crippen molar-refractivity contribution in [2.24, 2.45) is 0 Å². The van der Waals surface area contributed by atoms with Gasteiger partial charge in [0.2, 0.25) is 0 Å². The predicted molar refractivity (Wildman–Crippen MR) is 85.7 cm³/mol. The van der Waals surface area contributed by atoms with E-state index < -0.39 is 0 Å². The highest BCUT2D eigenvalue weighted by molar-refractivity contribution is 9.10. The second-order valence-corrected chi connectivity index (χ2v) is 5.53. The summed E-state index contributed by atoms with van der Waals surface area (Å²) in [5, 5.41) is 12.5. The van der Waals surface area contributed by atoms with E-state index in [1.54, 1.807) is 0 Å². The van der Waals surface area contributed by atoms with Gasteiger partial charge in [0.1, 0.15) is 0 Å². The average molecular weight is 329 g/mol. The molecule has 0 aromatic heterocycles. The number of hydrogen-bond donors (Lipinski definition) is 2. The lowest BCUT2D eigenvalue weighted by Crippen LogP contribution is -2.27. The van der Waals surface area contributed by atoms with Crippen LogP contribution < -0.4 is 10.2 Å². The van der Waals surface area contributed by atoms with Crippen LogP contribution in [0.25, 0.3) is 0 Å². The van der Waals surface area contributed by atoms with Crippen LogP contribution in [-0.2, 0) is 6.54 Å². The average Bonchev–Trinajstić information content (AvgIpc) is 2.39. The van der Waals surface area contributed by atoms with Crippen molar-refractivity contribution >= 4 is 21.6 Å². The monoisotopic (exact) mass is 328 g/mol. The molecule has 0 saturated carbocycles. The number of benzene rings is 1. The van der Waals surface area contributed by atoms with Crippen molar-refractivity contribution in [1.29, 1.82) is 0 Å². The Morgan fingerprint density at radius 1 is 1.21 bits per heavy atom. The number of aliphatic hydroxyl groups excluding tert-OH is 1. The Kier molecular flexibility index (Phi) is 8.10. The largest absolute Gasteiger partial charge is 0.395 e. The molecule has 0 aliphatic heterocycles. The van der Waals surface area contributed by atoms with E-state index in [4.69, 9.17) is 5.11 Å². The number of hydrogen-bond acceptors (Lipinski definition) is 3. The molecular weight excluding hydrogens is 304 g/mol. The van der Waals surface area contributed by atoms with Gasteiger partial charge in [0.05, 0.1) is 12.3 Å². The Balaban J connectivity index is 2.73. The van der Waals surface area contributed by atoms with Gasteiger partial charge in [0.15, 0.2) is 0 Å². The molecule has 108 valence electrons. The van der Waals surface area contributed by atoms with Crippen LogP contribution in [0.3, 0.4) is 0 Å². The van der Waals surface area contributed by atoms with Crippen molar-refractivity contribution in [3.05, 3.63) is 28.2 Å². The van der Waals surface area contributed by atoms with E-state index in [-0.39, 0.29) is 6.61 Å². The Morgan fingerprint density at radius 3 is 2.58 bits per heavy atom. The quantitative estimate of drug-likeness (QED) is 0.683. The predicted octanol–water partition coefficient (Wildman–Crippen LogP) is 3.16. The second kappa shape index (κ2) is 9.34. The van der Waals surface area contributed by atoms with Crippen LogP contribution in [0.5, 0.6) is 0 Å².